The number of hydrogen-bond acceptors (Lipinski definition) is 6. The average molecular weight is 478 g/mol. The predicted molar refractivity (Wildman–Crippen MR) is 132 cm³/mol. The van der Waals surface area contributed by atoms with E-state index < -0.39 is 16.0 Å². The zero-order valence-electron chi connectivity index (χ0n) is 18.7. The van der Waals surface area contributed by atoms with Gasteiger partial charge in [-0.15, -0.1) is 11.8 Å². The van der Waals surface area contributed by atoms with Crippen molar-refractivity contribution in [1.82, 2.24) is 4.72 Å². The number of aliphatic carboxylic acids is 1. The topological polar surface area (TPSA) is 90.0 Å². The van der Waals surface area contributed by atoms with Crippen LogP contribution in [0, 0.1) is 0 Å². The van der Waals surface area contributed by atoms with Crippen LogP contribution in [0.3, 0.4) is 0 Å². The van der Waals surface area contributed by atoms with Crippen molar-refractivity contribution >= 4 is 44.8 Å². The lowest BCUT2D eigenvalue weighted by Gasteiger charge is -2.29. The van der Waals surface area contributed by atoms with Crippen molar-refractivity contribution in [2.45, 2.75) is 42.9 Å². The van der Waals surface area contributed by atoms with E-state index in [2.05, 4.69) is 16.5 Å². The van der Waals surface area contributed by atoms with Crippen LogP contribution in [0.5, 0.6) is 0 Å². The van der Waals surface area contributed by atoms with Gasteiger partial charge in [-0.3, -0.25) is 4.79 Å². The van der Waals surface area contributed by atoms with Crippen LogP contribution in [0.25, 0.3) is 0 Å². The molecule has 0 aromatic heterocycles. The quantitative estimate of drug-likeness (QED) is 0.563. The number of hydrogen-bond donors (Lipinski definition) is 2. The molecule has 9 heteroatoms. The predicted octanol–water partition coefficient (Wildman–Crippen LogP) is 4.06. The van der Waals surface area contributed by atoms with E-state index in [0.29, 0.717) is 18.0 Å². The van der Waals surface area contributed by atoms with Gasteiger partial charge in [0.2, 0.25) is 10.0 Å². The highest BCUT2D eigenvalue weighted by Crippen LogP contribution is 2.39. The fraction of sp³-hybridized carbons (Fsp3) is 0.435. The van der Waals surface area contributed by atoms with Gasteiger partial charge < -0.3 is 14.9 Å². The summed E-state index contributed by atoms with van der Waals surface area (Å²) in [4.78, 5) is 15.2. The molecule has 7 nitrogen and oxygen atoms in total. The summed E-state index contributed by atoms with van der Waals surface area (Å²) in [6.45, 7) is 2.63. The number of sulfonamides is 1. The summed E-state index contributed by atoms with van der Waals surface area (Å²) in [5.74, 6) is -0.517. The normalized spacial score (nSPS) is 17.5. The van der Waals surface area contributed by atoms with Crippen LogP contribution >= 0.6 is 11.8 Å². The highest BCUT2D eigenvalue weighted by molar-refractivity contribution is 7.99. The number of para-hydroxylation sites is 1. The van der Waals surface area contributed by atoms with E-state index in [1.54, 1.807) is 6.07 Å². The molecule has 0 radical (unpaired) electrons. The van der Waals surface area contributed by atoms with Crippen LogP contribution in [-0.4, -0.2) is 51.9 Å². The van der Waals surface area contributed by atoms with Gasteiger partial charge in [0.05, 0.1) is 11.4 Å². The van der Waals surface area contributed by atoms with E-state index >= 15 is 0 Å². The smallest absolute Gasteiger partial charge is 0.313 e. The maximum absolute atomic E-state index is 13.4. The number of unbranched alkanes of at least 4 members (excludes halogenated alkanes) is 1. The standard InChI is InChI=1S/C23H31N3O4S2/c1-4-5-9-18-14-26(19-10-7-6-8-11-19)21-13-20(25(2)3)17(15-31-16-23(27)28)12-22(21)32(29,30)24-18/h6-8,10-13,18,24H,4-5,9,14-16H2,1-3H3,(H,27,28)/t18-/m1/s1. The number of anilines is 3. The van der Waals surface area contributed by atoms with Crippen molar-refractivity contribution < 1.29 is 18.3 Å². The van der Waals surface area contributed by atoms with E-state index in [0.717, 1.165) is 36.2 Å². The van der Waals surface area contributed by atoms with E-state index in [1.807, 2.05) is 55.4 Å². The van der Waals surface area contributed by atoms with E-state index in [1.165, 1.54) is 11.8 Å². The Bertz CT molecular complexity index is 1040. The Labute approximate surface area is 194 Å². The second kappa shape index (κ2) is 10.6. The number of nitrogens with one attached hydrogen (secondary N) is 1. The lowest BCUT2D eigenvalue weighted by molar-refractivity contribution is -0.133. The highest BCUT2D eigenvalue weighted by atomic mass is 32.2. The summed E-state index contributed by atoms with van der Waals surface area (Å²) >= 11 is 1.26. The van der Waals surface area contributed by atoms with Gasteiger partial charge in [0.1, 0.15) is 4.90 Å². The first-order chi connectivity index (χ1) is 15.2. The van der Waals surface area contributed by atoms with Crippen molar-refractivity contribution in [3.8, 4) is 0 Å². The summed E-state index contributed by atoms with van der Waals surface area (Å²) in [5, 5.41) is 9.00. The number of carbonyl (C=O) groups is 1. The van der Waals surface area contributed by atoms with Crippen LogP contribution in [0.4, 0.5) is 17.1 Å². The molecule has 0 amide bonds. The molecule has 2 N–H and O–H groups in total. The first-order valence-electron chi connectivity index (χ1n) is 10.7. The van der Waals surface area contributed by atoms with Gasteiger partial charge >= 0.3 is 5.97 Å². The lowest BCUT2D eigenvalue weighted by atomic mass is 10.1. The number of benzene rings is 2. The van der Waals surface area contributed by atoms with Crippen LogP contribution in [-0.2, 0) is 20.6 Å². The number of carboxylic acid groups (broad SMARTS) is 1. The fourth-order valence-electron chi connectivity index (χ4n) is 3.90. The van der Waals surface area contributed by atoms with Crippen LogP contribution < -0.4 is 14.5 Å². The summed E-state index contributed by atoms with van der Waals surface area (Å²) in [5.41, 5.74) is 3.25. The van der Waals surface area contributed by atoms with Crippen molar-refractivity contribution in [3.63, 3.8) is 0 Å². The Morgan fingerprint density at radius 2 is 1.97 bits per heavy atom. The molecule has 1 atom stereocenters. The maximum Gasteiger partial charge on any atom is 0.313 e. The van der Waals surface area contributed by atoms with Gasteiger partial charge in [0.25, 0.3) is 0 Å². The van der Waals surface area contributed by atoms with Crippen molar-refractivity contribution in [3.05, 3.63) is 48.0 Å². The highest BCUT2D eigenvalue weighted by Gasteiger charge is 2.33. The van der Waals surface area contributed by atoms with E-state index in [-0.39, 0.29) is 16.7 Å². The third kappa shape index (κ3) is 5.76. The molecule has 2 aromatic rings. The van der Waals surface area contributed by atoms with Crippen molar-refractivity contribution in [1.29, 1.82) is 0 Å². The Morgan fingerprint density at radius 1 is 1.25 bits per heavy atom. The van der Waals surface area contributed by atoms with Crippen LogP contribution in [0.2, 0.25) is 0 Å². The second-order valence-corrected chi connectivity index (χ2v) is 10.8. The molecule has 0 bridgehead atoms. The average Bonchev–Trinajstić information content (AvgIpc) is 2.85. The number of thioether (sulfide) groups is 1. The molecule has 174 valence electrons. The monoisotopic (exact) mass is 477 g/mol. The molecule has 0 saturated heterocycles. The Balaban J connectivity index is 2.14. The fourth-order valence-corrected chi connectivity index (χ4v) is 6.13. The van der Waals surface area contributed by atoms with E-state index in [4.69, 9.17) is 5.11 Å². The van der Waals surface area contributed by atoms with Crippen molar-refractivity contribution in [2.24, 2.45) is 0 Å². The molecule has 32 heavy (non-hydrogen) atoms. The lowest BCUT2D eigenvalue weighted by Crippen LogP contribution is -2.39. The van der Waals surface area contributed by atoms with Gasteiger partial charge in [-0.2, -0.15) is 0 Å². The van der Waals surface area contributed by atoms with E-state index in [9.17, 15) is 13.2 Å². The first-order valence-corrected chi connectivity index (χ1v) is 13.4. The molecular weight excluding hydrogens is 446 g/mol. The molecule has 2 aromatic carbocycles. The van der Waals surface area contributed by atoms with Gasteiger partial charge in [0, 0.05) is 43.8 Å². The first kappa shape index (κ1) is 24.4. The molecule has 0 unspecified atom stereocenters. The molecule has 3 rings (SSSR count). The summed E-state index contributed by atoms with van der Waals surface area (Å²) in [6, 6.07) is 13.2. The summed E-state index contributed by atoms with van der Waals surface area (Å²) in [7, 11) is 0.0792. The Hall–Kier alpha value is -2.23. The molecule has 1 heterocycles. The molecule has 1 aliphatic rings. The SMILES string of the molecule is CCCC[C@@H]1CN(c2ccccc2)c2cc(N(C)C)c(CSCC(=O)O)cc2S(=O)(=O)N1. The number of rotatable bonds is 9. The molecule has 0 saturated carbocycles. The maximum atomic E-state index is 13.4. The molecular formula is C23H31N3O4S2. The van der Waals surface area contributed by atoms with Crippen molar-refractivity contribution in [2.75, 3.05) is 36.2 Å². The third-order valence-electron chi connectivity index (χ3n) is 5.40. The minimum Gasteiger partial charge on any atom is -0.481 e. The second-order valence-electron chi connectivity index (χ2n) is 8.14. The summed E-state index contributed by atoms with van der Waals surface area (Å²) < 4.78 is 29.7. The number of fused-ring (bicyclic) bond motifs is 1. The van der Waals surface area contributed by atoms with Crippen LogP contribution in [0.1, 0.15) is 31.7 Å². The molecule has 0 aliphatic carbocycles. The minimum absolute atomic E-state index is 0.0375. The largest absolute Gasteiger partial charge is 0.481 e. The zero-order valence-corrected chi connectivity index (χ0v) is 20.4. The van der Waals surface area contributed by atoms with Gasteiger partial charge in [0.15, 0.2) is 0 Å². The van der Waals surface area contributed by atoms with Gasteiger partial charge in [-0.05, 0) is 36.2 Å². The minimum atomic E-state index is -3.74. The van der Waals surface area contributed by atoms with Gasteiger partial charge in [-0.25, -0.2) is 13.1 Å². The number of carboxylic acids is 1. The van der Waals surface area contributed by atoms with Crippen LogP contribution in [0.15, 0.2) is 47.4 Å². The summed E-state index contributed by atoms with van der Waals surface area (Å²) in [6.07, 6.45) is 2.69. The molecule has 1 aliphatic heterocycles. The molecule has 0 fully saturated rings. The zero-order chi connectivity index (χ0) is 23.3. The van der Waals surface area contributed by atoms with Gasteiger partial charge in [-0.1, -0.05) is 38.0 Å². The Kier molecular flexibility index (Phi) is 8.08. The third-order valence-corrected chi connectivity index (χ3v) is 7.92. The molecule has 0 spiro atoms. The Morgan fingerprint density at radius 3 is 2.59 bits per heavy atom. The number of nitrogens with zero attached hydrogens (tertiary/aromatic N) is 2.